The summed E-state index contributed by atoms with van der Waals surface area (Å²) in [6.45, 7) is 4.01. The van der Waals surface area contributed by atoms with E-state index in [2.05, 4.69) is 23.6 Å². The van der Waals surface area contributed by atoms with E-state index in [4.69, 9.17) is 9.73 Å². The highest BCUT2D eigenvalue weighted by Crippen LogP contribution is 2.32. The molecule has 0 amide bonds. The van der Waals surface area contributed by atoms with Crippen LogP contribution in [-0.4, -0.2) is 22.2 Å². The summed E-state index contributed by atoms with van der Waals surface area (Å²) in [5.41, 5.74) is 4.95. The summed E-state index contributed by atoms with van der Waals surface area (Å²) in [5.74, 6) is -0.464. The van der Waals surface area contributed by atoms with Gasteiger partial charge in [0.25, 0.3) is 5.56 Å². The molecule has 2 aromatic carbocycles. The van der Waals surface area contributed by atoms with Crippen molar-refractivity contribution in [2.45, 2.75) is 26.3 Å². The summed E-state index contributed by atoms with van der Waals surface area (Å²) in [5, 5.41) is 1.09. The zero-order chi connectivity index (χ0) is 24.0. The molecular weight excluding hydrogens is 446 g/mol. The second-order valence-electron chi connectivity index (χ2n) is 8.27. The van der Waals surface area contributed by atoms with Gasteiger partial charge in [-0.1, -0.05) is 66.8 Å². The van der Waals surface area contributed by atoms with E-state index in [0.717, 1.165) is 27.7 Å². The van der Waals surface area contributed by atoms with Crippen LogP contribution < -0.4 is 14.9 Å². The summed E-state index contributed by atoms with van der Waals surface area (Å²) >= 11 is 1.35. The first-order valence-corrected chi connectivity index (χ1v) is 12.0. The fourth-order valence-electron chi connectivity index (χ4n) is 4.68. The first-order valence-electron chi connectivity index (χ1n) is 11.2. The maximum atomic E-state index is 13.8. The Bertz CT molecular complexity index is 1640. The van der Waals surface area contributed by atoms with Crippen LogP contribution in [0, 0.1) is 6.92 Å². The third kappa shape index (κ3) is 3.35. The molecule has 0 saturated carbocycles. The van der Waals surface area contributed by atoms with Crippen molar-refractivity contribution < 1.29 is 9.53 Å². The molecule has 5 rings (SSSR count). The second kappa shape index (κ2) is 8.57. The average Bonchev–Trinajstić information content (AvgIpc) is 3.31. The van der Waals surface area contributed by atoms with E-state index in [1.54, 1.807) is 4.57 Å². The number of esters is 1. The highest BCUT2D eigenvalue weighted by molar-refractivity contribution is 7.07. The lowest BCUT2D eigenvalue weighted by atomic mass is 9.95. The van der Waals surface area contributed by atoms with Crippen LogP contribution in [0.4, 0.5) is 0 Å². The van der Waals surface area contributed by atoms with Crippen molar-refractivity contribution in [3.63, 3.8) is 0 Å². The van der Waals surface area contributed by atoms with Crippen LogP contribution in [0.2, 0.25) is 0 Å². The van der Waals surface area contributed by atoms with Gasteiger partial charge in [-0.2, -0.15) is 0 Å². The molecule has 1 atom stereocenters. The number of benzene rings is 2. The van der Waals surface area contributed by atoms with E-state index in [1.807, 2.05) is 62.5 Å². The van der Waals surface area contributed by atoms with Crippen LogP contribution in [0.15, 0.2) is 75.7 Å². The van der Waals surface area contributed by atoms with Crippen molar-refractivity contribution in [3.8, 4) is 0 Å². The van der Waals surface area contributed by atoms with E-state index < -0.39 is 12.0 Å². The first-order chi connectivity index (χ1) is 16.5. The minimum absolute atomic E-state index is 0.165. The van der Waals surface area contributed by atoms with E-state index in [0.29, 0.717) is 27.0 Å². The third-order valence-corrected chi connectivity index (χ3v) is 7.47. The number of aryl methyl sites for hydroxylation is 1. The SMILES string of the molecule is CCC1=C(C(=O)OC)[C@H](c2ccccc2)n2c(s/c(=C\c3c(C)n(C)c4ccccc34)c2=O)=N1. The lowest BCUT2D eigenvalue weighted by Crippen LogP contribution is -2.40. The Labute approximate surface area is 200 Å². The number of hydrogen-bond donors (Lipinski definition) is 0. The molecular formula is C27H25N3O3S. The highest BCUT2D eigenvalue weighted by Gasteiger charge is 2.33. The third-order valence-electron chi connectivity index (χ3n) is 6.49. The quantitative estimate of drug-likeness (QED) is 0.427. The molecule has 1 aliphatic rings. The van der Waals surface area contributed by atoms with E-state index in [9.17, 15) is 9.59 Å². The predicted octanol–water partition coefficient (Wildman–Crippen LogP) is 3.60. The number of hydrogen-bond acceptors (Lipinski definition) is 5. The van der Waals surface area contributed by atoms with Crippen molar-refractivity contribution in [2.24, 2.45) is 12.0 Å². The highest BCUT2D eigenvalue weighted by atomic mass is 32.1. The molecule has 0 spiro atoms. The number of nitrogens with zero attached hydrogens (tertiary/aromatic N) is 3. The van der Waals surface area contributed by atoms with Crippen LogP contribution in [0.3, 0.4) is 0 Å². The van der Waals surface area contributed by atoms with Gasteiger partial charge in [-0.25, -0.2) is 9.79 Å². The lowest BCUT2D eigenvalue weighted by molar-refractivity contribution is -0.136. The Balaban J connectivity index is 1.81. The molecule has 2 aromatic heterocycles. The molecule has 7 heteroatoms. The predicted molar refractivity (Wildman–Crippen MR) is 134 cm³/mol. The monoisotopic (exact) mass is 471 g/mol. The van der Waals surface area contributed by atoms with Gasteiger partial charge in [-0.05, 0) is 31.1 Å². The number of methoxy groups -OCH3 is 1. The molecule has 6 nitrogen and oxygen atoms in total. The standard InChI is InChI=1S/C27H25N3O3S/c1-5-20-23(26(32)33-4)24(17-11-7-6-8-12-17)30-25(31)22(34-27(30)28-20)15-19-16(2)29(3)21-14-10-9-13-18(19)21/h6-15,24H,5H2,1-4H3/b22-15-/t24-/m0/s1. The van der Waals surface area contributed by atoms with Gasteiger partial charge in [0.1, 0.15) is 0 Å². The molecule has 0 radical (unpaired) electrons. The van der Waals surface area contributed by atoms with Crippen LogP contribution in [0.25, 0.3) is 17.0 Å². The Kier molecular flexibility index (Phi) is 5.57. The average molecular weight is 472 g/mol. The van der Waals surface area contributed by atoms with Gasteiger partial charge in [0.2, 0.25) is 0 Å². The fraction of sp³-hybridized carbons (Fsp3) is 0.222. The van der Waals surface area contributed by atoms with Crippen molar-refractivity contribution in [1.82, 2.24) is 9.13 Å². The zero-order valence-electron chi connectivity index (χ0n) is 19.5. The van der Waals surface area contributed by atoms with Gasteiger partial charge in [0.05, 0.1) is 29.0 Å². The van der Waals surface area contributed by atoms with Crippen molar-refractivity contribution in [3.05, 3.63) is 102 Å². The summed E-state index contributed by atoms with van der Waals surface area (Å²) in [6.07, 6.45) is 2.51. The van der Waals surface area contributed by atoms with Crippen LogP contribution in [0.5, 0.6) is 0 Å². The normalized spacial score (nSPS) is 16.0. The molecule has 0 aliphatic carbocycles. The van der Waals surface area contributed by atoms with Crippen molar-refractivity contribution in [2.75, 3.05) is 7.11 Å². The number of carbonyl (C=O) groups is 1. The number of fused-ring (bicyclic) bond motifs is 2. The molecule has 172 valence electrons. The summed E-state index contributed by atoms with van der Waals surface area (Å²) in [6, 6.07) is 17.2. The number of rotatable bonds is 4. The van der Waals surface area contributed by atoms with E-state index >= 15 is 0 Å². The van der Waals surface area contributed by atoms with Crippen LogP contribution >= 0.6 is 11.3 Å². The minimum atomic E-state index is -0.587. The van der Waals surface area contributed by atoms with Gasteiger partial charge in [-0.3, -0.25) is 9.36 Å². The molecule has 0 N–H and O–H groups in total. The molecule has 0 bridgehead atoms. The Hall–Kier alpha value is -3.71. The van der Waals surface area contributed by atoms with Crippen LogP contribution in [-0.2, 0) is 16.6 Å². The molecule has 1 aliphatic heterocycles. The van der Waals surface area contributed by atoms with Gasteiger partial charge >= 0.3 is 5.97 Å². The van der Waals surface area contributed by atoms with Crippen LogP contribution in [0.1, 0.15) is 36.2 Å². The smallest absolute Gasteiger partial charge is 0.338 e. The number of ether oxygens (including phenoxy) is 1. The number of thiazole rings is 1. The topological polar surface area (TPSA) is 65.6 Å². The largest absolute Gasteiger partial charge is 0.466 e. The lowest BCUT2D eigenvalue weighted by Gasteiger charge is -2.25. The van der Waals surface area contributed by atoms with Crippen molar-refractivity contribution >= 4 is 34.3 Å². The van der Waals surface area contributed by atoms with E-state index in [1.165, 1.54) is 18.4 Å². The Morgan fingerprint density at radius 1 is 1.15 bits per heavy atom. The Morgan fingerprint density at radius 2 is 1.85 bits per heavy atom. The maximum absolute atomic E-state index is 13.8. The number of aromatic nitrogens is 2. The second-order valence-corrected chi connectivity index (χ2v) is 9.28. The Morgan fingerprint density at radius 3 is 2.56 bits per heavy atom. The summed E-state index contributed by atoms with van der Waals surface area (Å²) in [7, 11) is 3.39. The molecule has 3 heterocycles. The molecule has 0 fully saturated rings. The molecule has 4 aromatic rings. The van der Waals surface area contributed by atoms with Gasteiger partial charge < -0.3 is 9.30 Å². The number of allylic oxidation sites excluding steroid dienone is 1. The summed E-state index contributed by atoms with van der Waals surface area (Å²) in [4.78, 5) is 32.0. The fourth-order valence-corrected chi connectivity index (χ4v) is 5.68. The zero-order valence-corrected chi connectivity index (χ0v) is 20.3. The molecule has 0 unspecified atom stereocenters. The number of para-hydroxylation sites is 1. The number of carbonyl (C=O) groups excluding carboxylic acids is 1. The van der Waals surface area contributed by atoms with Crippen molar-refractivity contribution in [1.29, 1.82) is 0 Å². The molecule has 34 heavy (non-hydrogen) atoms. The van der Waals surface area contributed by atoms with Gasteiger partial charge in [0, 0.05) is 29.2 Å². The minimum Gasteiger partial charge on any atom is -0.466 e. The van der Waals surface area contributed by atoms with Gasteiger partial charge in [-0.15, -0.1) is 0 Å². The molecule has 0 saturated heterocycles. The first kappa shape index (κ1) is 22.1. The van der Waals surface area contributed by atoms with E-state index in [-0.39, 0.29) is 5.56 Å². The summed E-state index contributed by atoms with van der Waals surface area (Å²) < 4.78 is 9.47. The maximum Gasteiger partial charge on any atom is 0.338 e. The van der Waals surface area contributed by atoms with Gasteiger partial charge in [0.15, 0.2) is 4.80 Å².